The Hall–Kier alpha value is -1.11. The van der Waals surface area contributed by atoms with Gasteiger partial charge < -0.3 is 10.5 Å². The molecule has 0 aromatic heterocycles. The Morgan fingerprint density at radius 1 is 1.47 bits per heavy atom. The van der Waals surface area contributed by atoms with Crippen molar-refractivity contribution in [1.29, 1.82) is 0 Å². The highest BCUT2D eigenvalue weighted by Gasteiger charge is 2.17. The molecule has 1 aromatic carbocycles. The van der Waals surface area contributed by atoms with Crippen molar-refractivity contribution < 1.29 is 13.2 Å². The first-order chi connectivity index (χ1) is 7.05. The zero-order valence-corrected chi connectivity index (χ0v) is 9.47. The number of nitrogens with two attached hydrogens (primary N) is 1. The van der Waals surface area contributed by atoms with Crippen LogP contribution < -0.4 is 15.2 Å². The van der Waals surface area contributed by atoms with E-state index in [2.05, 4.69) is 4.72 Å². The Morgan fingerprint density at radius 2 is 2.13 bits per heavy atom. The molecule has 0 bridgehead atoms. The van der Waals surface area contributed by atoms with E-state index in [4.69, 9.17) is 10.5 Å². The van der Waals surface area contributed by atoms with Gasteiger partial charge in [0.05, 0.1) is 7.11 Å². The lowest BCUT2D eigenvalue weighted by Gasteiger charge is -2.09. The Labute approximate surface area is 89.3 Å². The third kappa shape index (κ3) is 2.47. The monoisotopic (exact) mass is 230 g/mol. The van der Waals surface area contributed by atoms with Crippen LogP contribution in [0.15, 0.2) is 23.1 Å². The minimum atomic E-state index is -3.48. The lowest BCUT2D eigenvalue weighted by molar-refractivity contribution is 0.402. The van der Waals surface area contributed by atoms with Crippen molar-refractivity contribution in [3.8, 4) is 5.75 Å². The third-order valence-electron chi connectivity index (χ3n) is 2.02. The Balaban J connectivity index is 3.31. The molecular formula is C9H14N2O3S. The summed E-state index contributed by atoms with van der Waals surface area (Å²) in [5, 5.41) is 0. The lowest BCUT2D eigenvalue weighted by Crippen LogP contribution is -2.19. The van der Waals surface area contributed by atoms with Gasteiger partial charge in [-0.25, -0.2) is 13.1 Å². The summed E-state index contributed by atoms with van der Waals surface area (Å²) in [5.41, 5.74) is 6.27. The summed E-state index contributed by atoms with van der Waals surface area (Å²) in [6, 6.07) is 4.75. The van der Waals surface area contributed by atoms with Crippen LogP contribution in [0, 0.1) is 0 Å². The Kier molecular flexibility index (Phi) is 3.67. The summed E-state index contributed by atoms with van der Waals surface area (Å²) in [6.07, 6.45) is 0. The first-order valence-electron chi connectivity index (χ1n) is 4.35. The third-order valence-corrected chi connectivity index (χ3v) is 3.48. The Morgan fingerprint density at radius 3 is 2.60 bits per heavy atom. The van der Waals surface area contributed by atoms with Crippen molar-refractivity contribution >= 4 is 10.0 Å². The van der Waals surface area contributed by atoms with Crippen LogP contribution in [-0.4, -0.2) is 22.6 Å². The molecule has 0 saturated heterocycles. The average Bonchev–Trinajstić information content (AvgIpc) is 2.28. The zero-order chi connectivity index (χ0) is 11.5. The summed E-state index contributed by atoms with van der Waals surface area (Å²) < 4.78 is 30.3. The highest BCUT2D eigenvalue weighted by Crippen LogP contribution is 2.24. The SMILES string of the molecule is CNS(=O)(=O)c1ccc(CN)cc1OC. The average molecular weight is 230 g/mol. The summed E-state index contributed by atoms with van der Waals surface area (Å²) in [5.74, 6) is 0.298. The fraction of sp³-hybridized carbons (Fsp3) is 0.333. The number of hydrogen-bond acceptors (Lipinski definition) is 4. The van der Waals surface area contributed by atoms with Gasteiger partial charge >= 0.3 is 0 Å². The van der Waals surface area contributed by atoms with Crippen LogP contribution in [0.2, 0.25) is 0 Å². The zero-order valence-electron chi connectivity index (χ0n) is 8.65. The number of rotatable bonds is 4. The fourth-order valence-corrected chi connectivity index (χ4v) is 2.05. The molecule has 0 atom stereocenters. The number of ether oxygens (including phenoxy) is 1. The van der Waals surface area contributed by atoms with E-state index in [9.17, 15) is 8.42 Å². The second kappa shape index (κ2) is 4.61. The van der Waals surface area contributed by atoms with Crippen molar-refractivity contribution in [2.24, 2.45) is 5.73 Å². The van der Waals surface area contributed by atoms with Crippen LogP contribution in [0.3, 0.4) is 0 Å². The number of sulfonamides is 1. The van der Waals surface area contributed by atoms with Crippen LogP contribution in [0.4, 0.5) is 0 Å². The molecule has 0 unspecified atom stereocenters. The molecule has 15 heavy (non-hydrogen) atoms. The largest absolute Gasteiger partial charge is 0.495 e. The van der Waals surface area contributed by atoms with Crippen molar-refractivity contribution in [3.05, 3.63) is 23.8 Å². The summed E-state index contributed by atoms with van der Waals surface area (Å²) >= 11 is 0. The van der Waals surface area contributed by atoms with Gasteiger partial charge in [-0.3, -0.25) is 0 Å². The molecule has 0 spiro atoms. The normalized spacial score (nSPS) is 11.4. The number of methoxy groups -OCH3 is 1. The minimum absolute atomic E-state index is 0.115. The van der Waals surface area contributed by atoms with Gasteiger partial charge in [0.1, 0.15) is 10.6 Å². The van der Waals surface area contributed by atoms with Crippen molar-refractivity contribution in [2.75, 3.05) is 14.2 Å². The molecule has 0 aliphatic heterocycles. The van der Waals surface area contributed by atoms with Gasteiger partial charge in [0.15, 0.2) is 0 Å². The molecule has 5 nitrogen and oxygen atoms in total. The topological polar surface area (TPSA) is 81.4 Å². The molecule has 0 aliphatic carbocycles. The van der Waals surface area contributed by atoms with Gasteiger partial charge in [0, 0.05) is 6.54 Å². The predicted molar refractivity (Wildman–Crippen MR) is 57.1 cm³/mol. The van der Waals surface area contributed by atoms with Gasteiger partial charge in [-0.2, -0.15) is 0 Å². The molecule has 0 radical (unpaired) electrons. The minimum Gasteiger partial charge on any atom is -0.495 e. The number of benzene rings is 1. The van der Waals surface area contributed by atoms with E-state index in [0.717, 1.165) is 5.56 Å². The van der Waals surface area contributed by atoms with E-state index in [1.807, 2.05) is 0 Å². The van der Waals surface area contributed by atoms with Gasteiger partial charge in [-0.15, -0.1) is 0 Å². The van der Waals surface area contributed by atoms with Gasteiger partial charge in [-0.05, 0) is 24.7 Å². The molecule has 0 aliphatic rings. The number of hydrogen-bond donors (Lipinski definition) is 2. The molecule has 0 saturated carbocycles. The van der Waals surface area contributed by atoms with E-state index < -0.39 is 10.0 Å². The maximum Gasteiger partial charge on any atom is 0.243 e. The maximum atomic E-state index is 11.6. The maximum absolute atomic E-state index is 11.6. The van der Waals surface area contributed by atoms with Crippen LogP contribution in [0.5, 0.6) is 5.75 Å². The molecule has 1 aromatic rings. The smallest absolute Gasteiger partial charge is 0.243 e. The van der Waals surface area contributed by atoms with Crippen molar-refractivity contribution in [3.63, 3.8) is 0 Å². The first kappa shape index (κ1) is 12.0. The lowest BCUT2D eigenvalue weighted by atomic mass is 10.2. The quantitative estimate of drug-likeness (QED) is 0.766. The standard InChI is InChI=1S/C9H14N2O3S/c1-11-15(12,13)9-4-3-7(6-10)5-8(9)14-2/h3-5,11H,6,10H2,1-2H3. The summed E-state index contributed by atoms with van der Waals surface area (Å²) in [7, 11) is -0.708. The van der Waals surface area contributed by atoms with Gasteiger partial charge in [-0.1, -0.05) is 6.07 Å². The summed E-state index contributed by atoms with van der Waals surface area (Å²) in [6.45, 7) is 0.343. The van der Waals surface area contributed by atoms with Crippen LogP contribution >= 0.6 is 0 Å². The van der Waals surface area contributed by atoms with Crippen LogP contribution in [0.25, 0.3) is 0 Å². The van der Waals surface area contributed by atoms with E-state index in [1.54, 1.807) is 12.1 Å². The van der Waals surface area contributed by atoms with E-state index in [0.29, 0.717) is 12.3 Å². The van der Waals surface area contributed by atoms with E-state index in [1.165, 1.54) is 20.2 Å². The highest BCUT2D eigenvalue weighted by atomic mass is 32.2. The van der Waals surface area contributed by atoms with Gasteiger partial charge in [0.25, 0.3) is 0 Å². The molecule has 0 amide bonds. The molecule has 84 valence electrons. The molecule has 0 heterocycles. The van der Waals surface area contributed by atoms with Crippen molar-refractivity contribution in [2.45, 2.75) is 11.4 Å². The molecule has 0 fully saturated rings. The number of nitrogens with one attached hydrogen (secondary N) is 1. The van der Waals surface area contributed by atoms with Gasteiger partial charge in [0.2, 0.25) is 10.0 Å². The molecule has 3 N–H and O–H groups in total. The second-order valence-corrected chi connectivity index (χ2v) is 4.75. The van der Waals surface area contributed by atoms with E-state index >= 15 is 0 Å². The Bertz CT molecular complexity index is 443. The first-order valence-corrected chi connectivity index (χ1v) is 5.84. The van der Waals surface area contributed by atoms with Crippen molar-refractivity contribution in [1.82, 2.24) is 4.72 Å². The molecule has 1 rings (SSSR count). The predicted octanol–water partition coefficient (Wildman–Crippen LogP) is 0.0620. The van der Waals surface area contributed by atoms with E-state index in [-0.39, 0.29) is 4.90 Å². The summed E-state index contributed by atoms with van der Waals surface area (Å²) in [4.78, 5) is 0.115. The highest BCUT2D eigenvalue weighted by molar-refractivity contribution is 7.89. The molecular weight excluding hydrogens is 216 g/mol. The van der Waals surface area contributed by atoms with Crippen LogP contribution in [-0.2, 0) is 16.6 Å². The molecule has 6 heteroatoms. The van der Waals surface area contributed by atoms with Crippen LogP contribution in [0.1, 0.15) is 5.56 Å². The second-order valence-electron chi connectivity index (χ2n) is 2.90. The fourth-order valence-electron chi connectivity index (χ4n) is 1.17.